The summed E-state index contributed by atoms with van der Waals surface area (Å²) in [6, 6.07) is 3.28. The predicted molar refractivity (Wildman–Crippen MR) is 58.9 cm³/mol. The second kappa shape index (κ2) is 4.89. The molecule has 0 atom stereocenters. The van der Waals surface area contributed by atoms with Crippen LogP contribution in [0.2, 0.25) is 5.02 Å². The Morgan fingerprint density at radius 3 is 2.47 bits per heavy atom. The molecule has 15 heavy (non-hydrogen) atoms. The second-order valence-electron chi connectivity index (χ2n) is 2.87. The molecule has 0 aliphatic rings. The number of halogens is 1. The van der Waals surface area contributed by atoms with Crippen molar-refractivity contribution in [3.05, 3.63) is 17.2 Å². The summed E-state index contributed by atoms with van der Waals surface area (Å²) in [5, 5.41) is 2.95. The maximum absolute atomic E-state index is 10.9. The third kappa shape index (κ3) is 2.76. The zero-order chi connectivity index (χ0) is 11.4. The van der Waals surface area contributed by atoms with Crippen molar-refractivity contribution >= 4 is 23.2 Å². The highest BCUT2D eigenvalue weighted by Gasteiger charge is 2.10. The highest BCUT2D eigenvalue weighted by atomic mass is 35.5. The van der Waals surface area contributed by atoms with Crippen molar-refractivity contribution < 1.29 is 14.3 Å². The van der Waals surface area contributed by atoms with E-state index in [0.717, 1.165) is 0 Å². The number of anilines is 1. The molecule has 1 aromatic carbocycles. The van der Waals surface area contributed by atoms with Crippen LogP contribution < -0.4 is 14.8 Å². The van der Waals surface area contributed by atoms with Crippen molar-refractivity contribution in [3.63, 3.8) is 0 Å². The van der Waals surface area contributed by atoms with E-state index < -0.39 is 0 Å². The van der Waals surface area contributed by atoms with Crippen molar-refractivity contribution in [3.8, 4) is 11.5 Å². The topological polar surface area (TPSA) is 47.6 Å². The molecule has 1 amide bonds. The van der Waals surface area contributed by atoms with Crippen molar-refractivity contribution in [2.45, 2.75) is 6.92 Å². The van der Waals surface area contributed by atoms with Gasteiger partial charge >= 0.3 is 0 Å². The lowest BCUT2D eigenvalue weighted by molar-refractivity contribution is -0.114. The molecule has 0 unspecified atom stereocenters. The fraction of sp³-hybridized carbons (Fsp3) is 0.300. The molecule has 0 aromatic heterocycles. The summed E-state index contributed by atoms with van der Waals surface area (Å²) in [6.07, 6.45) is 0. The number of hydrogen-bond acceptors (Lipinski definition) is 3. The van der Waals surface area contributed by atoms with Gasteiger partial charge in [0.15, 0.2) is 0 Å². The summed E-state index contributed by atoms with van der Waals surface area (Å²) in [7, 11) is 3.03. The summed E-state index contributed by atoms with van der Waals surface area (Å²) in [4.78, 5) is 10.9. The first kappa shape index (κ1) is 11.7. The number of rotatable bonds is 3. The number of hydrogen-bond donors (Lipinski definition) is 1. The van der Waals surface area contributed by atoms with Crippen molar-refractivity contribution in [2.75, 3.05) is 19.5 Å². The highest BCUT2D eigenvalue weighted by Crippen LogP contribution is 2.36. The standard InChI is InChI=1S/C10H12ClNO3/c1-6(13)12-8-4-7(14-2)5-9(15-3)10(8)11/h4-5H,1-3H3,(H,12,13). The molecule has 1 N–H and O–H groups in total. The van der Waals surface area contributed by atoms with E-state index in [9.17, 15) is 4.79 Å². The van der Waals surface area contributed by atoms with E-state index in [1.165, 1.54) is 21.1 Å². The zero-order valence-electron chi connectivity index (χ0n) is 8.76. The van der Waals surface area contributed by atoms with Gasteiger partial charge in [-0.15, -0.1) is 0 Å². The van der Waals surface area contributed by atoms with Crippen molar-refractivity contribution in [2.24, 2.45) is 0 Å². The van der Waals surface area contributed by atoms with Crippen LogP contribution in [0.15, 0.2) is 12.1 Å². The van der Waals surface area contributed by atoms with Crippen LogP contribution in [0.4, 0.5) is 5.69 Å². The molecule has 82 valence electrons. The third-order valence-electron chi connectivity index (χ3n) is 1.78. The Bertz CT molecular complexity index is 379. The van der Waals surface area contributed by atoms with Gasteiger partial charge in [-0.05, 0) is 0 Å². The van der Waals surface area contributed by atoms with Gasteiger partial charge in [-0.25, -0.2) is 0 Å². The highest BCUT2D eigenvalue weighted by molar-refractivity contribution is 6.35. The largest absolute Gasteiger partial charge is 0.497 e. The molecule has 1 aromatic rings. The molecular weight excluding hydrogens is 218 g/mol. The maximum atomic E-state index is 10.9. The van der Waals surface area contributed by atoms with Crippen molar-refractivity contribution in [1.82, 2.24) is 0 Å². The lowest BCUT2D eigenvalue weighted by Crippen LogP contribution is -2.06. The fourth-order valence-corrected chi connectivity index (χ4v) is 1.35. The lowest BCUT2D eigenvalue weighted by atomic mass is 10.2. The second-order valence-corrected chi connectivity index (χ2v) is 3.25. The number of amides is 1. The summed E-state index contributed by atoms with van der Waals surface area (Å²) >= 11 is 5.99. The van der Waals surface area contributed by atoms with Crippen LogP contribution in [0.1, 0.15) is 6.92 Å². The van der Waals surface area contributed by atoms with Gasteiger partial charge in [-0.3, -0.25) is 4.79 Å². The van der Waals surface area contributed by atoms with E-state index in [1.54, 1.807) is 12.1 Å². The first-order valence-corrected chi connectivity index (χ1v) is 4.65. The molecule has 4 nitrogen and oxygen atoms in total. The van der Waals surface area contributed by atoms with E-state index in [0.29, 0.717) is 22.2 Å². The van der Waals surface area contributed by atoms with Gasteiger partial charge in [-0.1, -0.05) is 11.6 Å². The summed E-state index contributed by atoms with van der Waals surface area (Å²) in [5.41, 5.74) is 0.473. The molecule has 0 radical (unpaired) electrons. The zero-order valence-corrected chi connectivity index (χ0v) is 9.51. The van der Waals surface area contributed by atoms with Gasteiger partial charge < -0.3 is 14.8 Å². The Hall–Kier alpha value is -1.42. The smallest absolute Gasteiger partial charge is 0.221 e. The summed E-state index contributed by atoms with van der Waals surface area (Å²) in [6.45, 7) is 1.41. The number of ether oxygens (including phenoxy) is 2. The monoisotopic (exact) mass is 229 g/mol. The SMILES string of the molecule is COc1cc(NC(C)=O)c(Cl)c(OC)c1. The summed E-state index contributed by atoms with van der Waals surface area (Å²) < 4.78 is 10.1. The molecule has 0 saturated carbocycles. The van der Waals surface area contributed by atoms with Gasteiger partial charge in [0.05, 0.1) is 19.9 Å². The minimum Gasteiger partial charge on any atom is -0.497 e. The Balaban J connectivity index is 3.17. The Morgan fingerprint density at radius 2 is 2.00 bits per heavy atom. The van der Waals surface area contributed by atoms with E-state index in [4.69, 9.17) is 21.1 Å². The van der Waals surface area contributed by atoms with Gasteiger partial charge in [0.2, 0.25) is 5.91 Å². The van der Waals surface area contributed by atoms with Crippen LogP contribution >= 0.6 is 11.6 Å². The van der Waals surface area contributed by atoms with Crippen LogP contribution in [0.5, 0.6) is 11.5 Å². The predicted octanol–water partition coefficient (Wildman–Crippen LogP) is 2.32. The van der Waals surface area contributed by atoms with Crippen LogP contribution in [-0.2, 0) is 4.79 Å². The van der Waals surface area contributed by atoms with Gasteiger partial charge in [0, 0.05) is 19.1 Å². The normalized spacial score (nSPS) is 9.60. The molecule has 0 aliphatic heterocycles. The van der Waals surface area contributed by atoms with Crippen LogP contribution in [0.25, 0.3) is 0 Å². The van der Waals surface area contributed by atoms with E-state index in [1.807, 2.05) is 0 Å². The number of nitrogens with one attached hydrogen (secondary N) is 1. The number of carbonyl (C=O) groups excluding carboxylic acids is 1. The average molecular weight is 230 g/mol. The van der Waals surface area contributed by atoms with Crippen LogP contribution in [-0.4, -0.2) is 20.1 Å². The lowest BCUT2D eigenvalue weighted by Gasteiger charge is -2.11. The molecule has 0 bridgehead atoms. The van der Waals surface area contributed by atoms with E-state index in [-0.39, 0.29) is 5.91 Å². The van der Waals surface area contributed by atoms with Gasteiger partial charge in [0.25, 0.3) is 0 Å². The van der Waals surface area contributed by atoms with E-state index >= 15 is 0 Å². The molecule has 1 rings (SSSR count). The molecule has 0 aliphatic carbocycles. The van der Waals surface area contributed by atoms with Crippen LogP contribution in [0.3, 0.4) is 0 Å². The quantitative estimate of drug-likeness (QED) is 0.865. The Kier molecular flexibility index (Phi) is 3.80. The van der Waals surface area contributed by atoms with E-state index in [2.05, 4.69) is 5.32 Å². The van der Waals surface area contributed by atoms with Gasteiger partial charge in [-0.2, -0.15) is 0 Å². The maximum Gasteiger partial charge on any atom is 0.221 e. The minimum absolute atomic E-state index is 0.202. The Labute approximate surface area is 93.1 Å². The molecule has 0 saturated heterocycles. The third-order valence-corrected chi connectivity index (χ3v) is 2.17. The van der Waals surface area contributed by atoms with Crippen molar-refractivity contribution in [1.29, 1.82) is 0 Å². The molecule has 0 spiro atoms. The van der Waals surface area contributed by atoms with Gasteiger partial charge in [0.1, 0.15) is 16.5 Å². The first-order chi connectivity index (χ1) is 7.08. The molecular formula is C10H12ClNO3. The molecule has 0 fully saturated rings. The average Bonchev–Trinajstić information content (AvgIpc) is 2.20. The molecule has 0 heterocycles. The minimum atomic E-state index is -0.202. The Morgan fingerprint density at radius 1 is 1.33 bits per heavy atom. The van der Waals surface area contributed by atoms with Crippen LogP contribution in [0, 0.1) is 0 Å². The summed E-state index contributed by atoms with van der Waals surface area (Å²) in [5.74, 6) is 0.826. The fourth-order valence-electron chi connectivity index (χ4n) is 1.12. The number of methoxy groups -OCH3 is 2. The molecule has 5 heteroatoms. The number of benzene rings is 1. The number of carbonyl (C=O) groups is 1. The first-order valence-electron chi connectivity index (χ1n) is 4.27.